The van der Waals surface area contributed by atoms with Gasteiger partial charge in [0.25, 0.3) is 0 Å². The lowest BCUT2D eigenvalue weighted by atomic mass is 10.1. The minimum atomic E-state index is -2.99. The SMILES string of the molecule is CC(C)c1cnn2c(NC3CCN(C(=O)OC4CCN(C(=O)OC(C)(C)C)C4)CC3)cc(OC(F)F)nc12. The first kappa shape index (κ1) is 27.6. The summed E-state index contributed by atoms with van der Waals surface area (Å²) in [6, 6.07) is 1.39. The molecule has 210 valence electrons. The predicted molar refractivity (Wildman–Crippen MR) is 135 cm³/mol. The first-order valence-electron chi connectivity index (χ1n) is 12.9. The second-order valence-electron chi connectivity index (χ2n) is 11.0. The van der Waals surface area contributed by atoms with Gasteiger partial charge >= 0.3 is 18.8 Å². The number of fused-ring (bicyclic) bond motifs is 1. The van der Waals surface area contributed by atoms with E-state index in [2.05, 4.69) is 20.1 Å². The number of hydrogen-bond acceptors (Lipinski definition) is 8. The van der Waals surface area contributed by atoms with Crippen LogP contribution in [0.5, 0.6) is 5.88 Å². The highest BCUT2D eigenvalue weighted by Crippen LogP contribution is 2.27. The Kier molecular flexibility index (Phi) is 8.12. The highest BCUT2D eigenvalue weighted by atomic mass is 19.3. The molecule has 1 N–H and O–H groups in total. The highest BCUT2D eigenvalue weighted by Gasteiger charge is 2.33. The average molecular weight is 539 g/mol. The number of halogens is 2. The number of likely N-dealkylation sites (tertiary alicyclic amines) is 2. The molecule has 11 nitrogen and oxygen atoms in total. The Balaban J connectivity index is 1.32. The number of nitrogens with zero attached hydrogens (tertiary/aromatic N) is 5. The van der Waals surface area contributed by atoms with Gasteiger partial charge in [0.1, 0.15) is 17.5 Å². The summed E-state index contributed by atoms with van der Waals surface area (Å²) in [5, 5.41) is 7.75. The number of alkyl halides is 2. The van der Waals surface area contributed by atoms with Crippen LogP contribution in [0.2, 0.25) is 0 Å². The second-order valence-corrected chi connectivity index (χ2v) is 11.0. The van der Waals surface area contributed by atoms with E-state index >= 15 is 0 Å². The van der Waals surface area contributed by atoms with Gasteiger partial charge in [0.2, 0.25) is 5.88 Å². The Labute approximate surface area is 220 Å². The molecule has 2 aliphatic heterocycles. The highest BCUT2D eigenvalue weighted by molar-refractivity contribution is 5.70. The molecule has 13 heteroatoms. The molecule has 1 atom stereocenters. The van der Waals surface area contributed by atoms with Crippen LogP contribution in [-0.4, -0.2) is 87.1 Å². The minimum absolute atomic E-state index is 0.0232. The summed E-state index contributed by atoms with van der Waals surface area (Å²) in [7, 11) is 0. The number of ether oxygens (including phenoxy) is 3. The minimum Gasteiger partial charge on any atom is -0.444 e. The summed E-state index contributed by atoms with van der Waals surface area (Å²) in [4.78, 5) is 32.4. The number of rotatable bonds is 6. The molecule has 1 unspecified atom stereocenters. The summed E-state index contributed by atoms with van der Waals surface area (Å²) in [5.41, 5.74) is 0.693. The molecule has 0 aromatic carbocycles. The van der Waals surface area contributed by atoms with Gasteiger partial charge in [-0.15, -0.1) is 0 Å². The monoisotopic (exact) mass is 538 g/mol. The van der Waals surface area contributed by atoms with Crippen molar-refractivity contribution in [2.45, 2.75) is 84.2 Å². The zero-order chi connectivity index (χ0) is 27.6. The Hall–Kier alpha value is -3.38. The van der Waals surface area contributed by atoms with Gasteiger partial charge in [-0.25, -0.2) is 9.59 Å². The van der Waals surface area contributed by atoms with Crippen LogP contribution in [0.25, 0.3) is 5.65 Å². The van der Waals surface area contributed by atoms with Gasteiger partial charge in [-0.2, -0.15) is 23.4 Å². The van der Waals surface area contributed by atoms with Crippen molar-refractivity contribution in [3.05, 3.63) is 17.8 Å². The molecule has 2 fully saturated rings. The Morgan fingerprint density at radius 2 is 1.76 bits per heavy atom. The van der Waals surface area contributed by atoms with Crippen LogP contribution in [-0.2, 0) is 9.47 Å². The van der Waals surface area contributed by atoms with E-state index in [0.29, 0.717) is 56.9 Å². The maximum absolute atomic E-state index is 12.9. The van der Waals surface area contributed by atoms with Gasteiger partial charge in [0.15, 0.2) is 5.65 Å². The average Bonchev–Trinajstić information content (AvgIpc) is 3.45. The molecule has 0 saturated carbocycles. The number of amides is 2. The summed E-state index contributed by atoms with van der Waals surface area (Å²) in [6.45, 7) is 8.09. The number of piperidine rings is 1. The molecule has 38 heavy (non-hydrogen) atoms. The lowest BCUT2D eigenvalue weighted by Gasteiger charge is -2.33. The molecule has 0 aliphatic carbocycles. The Morgan fingerprint density at radius 1 is 1.08 bits per heavy atom. The molecule has 2 amide bonds. The van der Waals surface area contributed by atoms with Crippen molar-refractivity contribution < 1.29 is 32.6 Å². The Bertz CT molecular complexity index is 1140. The molecule has 4 heterocycles. The molecule has 2 aromatic rings. The smallest absolute Gasteiger partial charge is 0.410 e. The van der Waals surface area contributed by atoms with Crippen molar-refractivity contribution in [1.82, 2.24) is 24.4 Å². The van der Waals surface area contributed by atoms with Crippen molar-refractivity contribution in [2.75, 3.05) is 31.5 Å². The molecule has 2 aromatic heterocycles. The topological polar surface area (TPSA) is 111 Å². The van der Waals surface area contributed by atoms with Crippen LogP contribution in [0, 0.1) is 0 Å². The molecule has 0 spiro atoms. The van der Waals surface area contributed by atoms with Crippen molar-refractivity contribution in [2.24, 2.45) is 0 Å². The fraction of sp³-hybridized carbons (Fsp3) is 0.680. The second kappa shape index (κ2) is 11.2. The number of anilines is 1. The van der Waals surface area contributed by atoms with Crippen LogP contribution in [0.1, 0.15) is 65.4 Å². The largest absolute Gasteiger partial charge is 0.444 e. The maximum Gasteiger partial charge on any atom is 0.410 e. The van der Waals surface area contributed by atoms with Crippen molar-refractivity contribution in [3.8, 4) is 5.88 Å². The fourth-order valence-corrected chi connectivity index (χ4v) is 4.57. The van der Waals surface area contributed by atoms with Crippen LogP contribution < -0.4 is 10.1 Å². The van der Waals surface area contributed by atoms with Crippen LogP contribution in [0.3, 0.4) is 0 Å². The molecule has 0 radical (unpaired) electrons. The van der Waals surface area contributed by atoms with Crippen LogP contribution in [0.4, 0.5) is 24.2 Å². The van der Waals surface area contributed by atoms with E-state index in [1.807, 2.05) is 34.6 Å². The summed E-state index contributed by atoms with van der Waals surface area (Å²) < 4.78 is 43.0. The first-order valence-corrected chi connectivity index (χ1v) is 12.9. The van der Waals surface area contributed by atoms with E-state index in [9.17, 15) is 18.4 Å². The summed E-state index contributed by atoms with van der Waals surface area (Å²) >= 11 is 0. The molecule has 2 aliphatic rings. The normalized spacial score (nSPS) is 18.9. The zero-order valence-electron chi connectivity index (χ0n) is 22.4. The predicted octanol–water partition coefficient (Wildman–Crippen LogP) is 4.48. The lowest BCUT2D eigenvalue weighted by Crippen LogP contribution is -2.44. The summed E-state index contributed by atoms with van der Waals surface area (Å²) in [6.07, 6.45) is 2.29. The quantitative estimate of drug-likeness (QED) is 0.574. The van der Waals surface area contributed by atoms with Crippen LogP contribution >= 0.6 is 0 Å². The molecule has 4 rings (SSSR count). The number of carbonyl (C=O) groups is 2. The third-order valence-electron chi connectivity index (χ3n) is 6.48. The third kappa shape index (κ3) is 6.73. The first-order chi connectivity index (χ1) is 17.9. The van der Waals surface area contributed by atoms with E-state index in [1.165, 1.54) is 6.07 Å². The Morgan fingerprint density at radius 3 is 2.39 bits per heavy atom. The van der Waals surface area contributed by atoms with Gasteiger partial charge in [-0.05, 0) is 39.5 Å². The van der Waals surface area contributed by atoms with Gasteiger partial charge in [0.05, 0.1) is 12.7 Å². The fourth-order valence-electron chi connectivity index (χ4n) is 4.57. The standard InChI is InChI=1S/C25H36F2N6O5/c1-15(2)18-13-28-33-19(12-20(30-21(18)33)37-22(26)27)29-16-6-9-31(10-7-16)23(34)36-17-8-11-32(14-17)24(35)38-25(3,4)5/h12-13,15-17,22,29H,6-11,14H2,1-5H3. The molecule has 2 saturated heterocycles. The van der Waals surface area contributed by atoms with Gasteiger partial charge in [-0.3, -0.25) is 0 Å². The van der Waals surface area contributed by atoms with Crippen molar-refractivity contribution in [3.63, 3.8) is 0 Å². The molecule has 0 bridgehead atoms. The zero-order valence-corrected chi connectivity index (χ0v) is 22.4. The van der Waals surface area contributed by atoms with Gasteiger partial charge in [0, 0.05) is 43.7 Å². The van der Waals surface area contributed by atoms with E-state index in [0.717, 1.165) is 5.56 Å². The van der Waals surface area contributed by atoms with Gasteiger partial charge in [-0.1, -0.05) is 13.8 Å². The van der Waals surface area contributed by atoms with E-state index in [-0.39, 0.29) is 23.9 Å². The number of nitrogens with one attached hydrogen (secondary N) is 1. The maximum atomic E-state index is 12.9. The third-order valence-corrected chi connectivity index (χ3v) is 6.48. The number of carbonyl (C=O) groups excluding carboxylic acids is 2. The van der Waals surface area contributed by atoms with E-state index < -0.39 is 24.4 Å². The molecular weight excluding hydrogens is 502 g/mol. The van der Waals surface area contributed by atoms with Crippen molar-refractivity contribution >= 4 is 23.7 Å². The lowest BCUT2D eigenvalue weighted by molar-refractivity contribution is -0.0527. The number of aromatic nitrogens is 3. The van der Waals surface area contributed by atoms with Crippen LogP contribution in [0.15, 0.2) is 12.3 Å². The summed E-state index contributed by atoms with van der Waals surface area (Å²) in [5.74, 6) is 0.405. The van der Waals surface area contributed by atoms with Crippen molar-refractivity contribution in [1.29, 1.82) is 0 Å². The van der Waals surface area contributed by atoms with E-state index in [4.69, 9.17) is 9.47 Å². The van der Waals surface area contributed by atoms with E-state index in [1.54, 1.807) is 20.5 Å². The van der Waals surface area contributed by atoms with Gasteiger partial charge < -0.3 is 29.3 Å². The number of hydrogen-bond donors (Lipinski definition) is 1. The molecular formula is C25H36F2N6O5.